The second-order valence-electron chi connectivity index (χ2n) is 1.30. The van der Waals surface area contributed by atoms with Crippen molar-refractivity contribution < 1.29 is 47.0 Å². The first kappa shape index (κ1) is 5.93. The minimum absolute atomic E-state index is 1.38. The fourth-order valence-corrected chi connectivity index (χ4v) is 0.881. The molecule has 0 amide bonds. The zero-order valence-corrected chi connectivity index (χ0v) is 6.19. The summed E-state index contributed by atoms with van der Waals surface area (Å²) in [7, 11) is 0. The molecule has 0 bridgehead atoms. The Morgan fingerprint density at radius 3 is 1.86 bits per heavy atom. The second-order valence-corrected chi connectivity index (χ2v) is 2.70. The number of benzene rings is 1. The van der Waals surface area contributed by atoms with Gasteiger partial charge in [-0.25, -0.2) is 0 Å². The average molecular weight is 229 g/mol. The molecule has 0 heterocycles. The van der Waals surface area contributed by atoms with Gasteiger partial charge < -0.3 is 0 Å². The van der Waals surface area contributed by atoms with Gasteiger partial charge in [0, 0.05) is 0 Å². The van der Waals surface area contributed by atoms with Crippen LogP contribution in [0.5, 0.6) is 0 Å². The first-order valence-electron chi connectivity index (χ1n) is 2.10. The fourth-order valence-electron chi connectivity index (χ4n) is 0.415. The van der Waals surface area contributed by atoms with Gasteiger partial charge in [0.05, 0.1) is 0 Å². The van der Waals surface area contributed by atoms with Crippen molar-refractivity contribution >= 4 is -0.0424 Å². The molecule has 0 saturated heterocycles. The predicted molar refractivity (Wildman–Crippen MR) is 26.1 cm³/mol. The Labute approximate surface area is 76.0 Å². The zero-order chi connectivity index (χ0) is 5.11. The van der Waals surface area contributed by atoms with Crippen LogP contribution >= 0.6 is 0 Å². The van der Waals surface area contributed by atoms with E-state index in [0.29, 0.717) is 0 Å². The summed E-state index contributed by atoms with van der Waals surface area (Å²) in [6.07, 6.45) is 0. The molecule has 1 heteroatoms. The molecule has 0 unspecified atom stereocenters. The van der Waals surface area contributed by atoms with Crippen LogP contribution in [0, 0.1) is 47.0 Å². The summed E-state index contributed by atoms with van der Waals surface area (Å²) in [6, 6.07) is 10.3. The van der Waals surface area contributed by atoms with Crippen LogP contribution in [0.4, 0.5) is 0 Å². The normalized spacial score (nSPS) is 8.71. The maximum absolute atomic E-state index is 2.11. The van der Waals surface area contributed by atoms with E-state index < -0.39 is 0 Å². The Morgan fingerprint density at radius 2 is 1.57 bits per heavy atom. The standard InChI is InChI=1S/C6H5.Eu/c1-2-4-6-5-3-1;/h1-5H;. The van der Waals surface area contributed by atoms with Crippen LogP contribution < -0.4 is -0.0424 Å². The molecule has 0 aliphatic heterocycles. The van der Waals surface area contributed by atoms with Crippen LogP contribution in [0.15, 0.2) is 30.3 Å². The van der Waals surface area contributed by atoms with E-state index >= 15 is 0 Å². The number of hydrogen-bond donors (Lipinski definition) is 0. The van der Waals surface area contributed by atoms with Gasteiger partial charge in [0.15, 0.2) is 0 Å². The minimum atomic E-state index is 1.38. The van der Waals surface area contributed by atoms with Crippen molar-refractivity contribution in [1.82, 2.24) is 0 Å². The topological polar surface area (TPSA) is 0 Å². The van der Waals surface area contributed by atoms with Gasteiger partial charge in [0.2, 0.25) is 0 Å². The first-order chi connectivity index (χ1) is 3.39. The Balaban J connectivity index is 3.02. The van der Waals surface area contributed by atoms with E-state index in [1.54, 1.807) is 47.0 Å². The molecule has 0 radical (unpaired) electrons. The van der Waals surface area contributed by atoms with E-state index in [2.05, 4.69) is 24.3 Å². The van der Waals surface area contributed by atoms with Crippen LogP contribution in [-0.4, -0.2) is 0 Å². The molecule has 0 atom stereocenters. The summed E-state index contributed by atoms with van der Waals surface area (Å²) >= 11 is 1.72. The molecule has 0 aliphatic rings. The predicted octanol–water partition coefficient (Wildman–Crippen LogP) is 0.861. The quantitative estimate of drug-likeness (QED) is 0.619. The van der Waals surface area contributed by atoms with Crippen molar-refractivity contribution in [3.05, 3.63) is 30.3 Å². The third-order valence-electron chi connectivity index (χ3n) is 0.733. The monoisotopic (exact) mass is 230 g/mol. The molecule has 0 aliphatic carbocycles. The summed E-state index contributed by atoms with van der Waals surface area (Å²) in [6.45, 7) is 0. The SMILES string of the molecule is [Eu][c]1ccccc1. The molecule has 0 N–H and O–H groups in total. The zero-order valence-electron chi connectivity index (χ0n) is 3.76. The van der Waals surface area contributed by atoms with Gasteiger partial charge in [-0.3, -0.25) is 0 Å². The van der Waals surface area contributed by atoms with E-state index in [9.17, 15) is 0 Å². The summed E-state index contributed by atoms with van der Waals surface area (Å²) in [5.74, 6) is 0. The summed E-state index contributed by atoms with van der Waals surface area (Å²) in [4.78, 5) is 0. The molecule has 1 aromatic carbocycles. The molecular weight excluding hydrogens is 224 g/mol. The van der Waals surface area contributed by atoms with Gasteiger partial charge in [0.25, 0.3) is 0 Å². The van der Waals surface area contributed by atoms with Crippen molar-refractivity contribution in [1.29, 1.82) is 0 Å². The fraction of sp³-hybridized carbons (Fsp3) is 0. The Kier molecular flexibility index (Phi) is 2.51. The van der Waals surface area contributed by atoms with Gasteiger partial charge in [-0.2, -0.15) is 0 Å². The van der Waals surface area contributed by atoms with E-state index in [1.165, 1.54) is -0.0424 Å². The summed E-state index contributed by atoms with van der Waals surface area (Å²) < 4.78 is 1.38. The van der Waals surface area contributed by atoms with Crippen molar-refractivity contribution in [2.24, 2.45) is 0 Å². The maximum atomic E-state index is 2.11. The Hall–Kier alpha value is 0.804. The van der Waals surface area contributed by atoms with Crippen molar-refractivity contribution in [2.45, 2.75) is 0 Å². The van der Waals surface area contributed by atoms with Crippen LogP contribution in [0.1, 0.15) is 0 Å². The summed E-state index contributed by atoms with van der Waals surface area (Å²) in [5, 5.41) is 0. The van der Waals surface area contributed by atoms with Crippen molar-refractivity contribution in [3.8, 4) is 0 Å². The molecule has 0 nitrogen and oxygen atoms in total. The van der Waals surface area contributed by atoms with Gasteiger partial charge in [-0.15, -0.1) is 0 Å². The Bertz CT molecular complexity index is 134. The molecular formula is C6H5Eu. The van der Waals surface area contributed by atoms with Crippen LogP contribution in [0.3, 0.4) is 0 Å². The molecule has 36 valence electrons. The van der Waals surface area contributed by atoms with Crippen molar-refractivity contribution in [2.75, 3.05) is 0 Å². The van der Waals surface area contributed by atoms with Crippen LogP contribution in [0.2, 0.25) is 0 Å². The molecule has 0 aromatic heterocycles. The van der Waals surface area contributed by atoms with Gasteiger partial charge in [-0.1, -0.05) is 0 Å². The first-order valence-corrected chi connectivity index (χ1v) is 3.31. The number of hydrogen-bond acceptors (Lipinski definition) is 0. The molecule has 0 fully saturated rings. The third-order valence-corrected chi connectivity index (χ3v) is 1.54. The van der Waals surface area contributed by atoms with Crippen molar-refractivity contribution in [3.63, 3.8) is 0 Å². The average Bonchev–Trinajstić information content (AvgIpc) is 1.69. The van der Waals surface area contributed by atoms with E-state index in [4.69, 9.17) is 0 Å². The van der Waals surface area contributed by atoms with E-state index in [0.717, 1.165) is 0 Å². The van der Waals surface area contributed by atoms with Crippen LogP contribution in [-0.2, 0) is 0 Å². The molecule has 0 spiro atoms. The van der Waals surface area contributed by atoms with Gasteiger partial charge >= 0.3 is 77.3 Å². The van der Waals surface area contributed by atoms with E-state index in [-0.39, 0.29) is 0 Å². The second kappa shape index (κ2) is 2.96. The molecule has 0 saturated carbocycles. The molecule has 1 aromatic rings. The summed E-state index contributed by atoms with van der Waals surface area (Å²) in [5.41, 5.74) is 0. The van der Waals surface area contributed by atoms with Gasteiger partial charge in [-0.05, 0) is 0 Å². The van der Waals surface area contributed by atoms with E-state index in [1.807, 2.05) is 6.07 Å². The Morgan fingerprint density at radius 1 is 1.00 bits per heavy atom. The van der Waals surface area contributed by atoms with Crippen LogP contribution in [0.25, 0.3) is 0 Å². The molecule has 7 heavy (non-hydrogen) atoms. The molecule has 1 rings (SSSR count). The van der Waals surface area contributed by atoms with Gasteiger partial charge in [0.1, 0.15) is 0 Å². The third kappa shape index (κ3) is 2.03. The number of rotatable bonds is 0.